The molecule has 1 atom stereocenters. The Morgan fingerprint density at radius 1 is 1.16 bits per heavy atom. The summed E-state index contributed by atoms with van der Waals surface area (Å²) in [6.07, 6.45) is 2.67. The highest BCUT2D eigenvalue weighted by molar-refractivity contribution is 6.46. The van der Waals surface area contributed by atoms with Gasteiger partial charge in [-0.25, -0.2) is 4.98 Å². The Balaban J connectivity index is 1.85. The lowest BCUT2D eigenvalue weighted by molar-refractivity contribution is -0.140. The van der Waals surface area contributed by atoms with Gasteiger partial charge in [-0.3, -0.25) is 14.0 Å². The number of rotatable bonds is 10. The van der Waals surface area contributed by atoms with Crippen LogP contribution in [-0.2, 0) is 9.59 Å². The number of hydrogen-bond acceptors (Lipinski definition) is 7. The Kier molecular flexibility index (Phi) is 8.06. The van der Waals surface area contributed by atoms with Crippen molar-refractivity contribution >= 4 is 23.1 Å². The van der Waals surface area contributed by atoms with Crippen molar-refractivity contribution in [3.63, 3.8) is 0 Å². The number of imidazole rings is 1. The number of fused-ring (bicyclic) bond motifs is 1. The summed E-state index contributed by atoms with van der Waals surface area (Å²) in [6, 6.07) is 10.1. The van der Waals surface area contributed by atoms with Gasteiger partial charge in [0.1, 0.15) is 11.3 Å². The van der Waals surface area contributed by atoms with Crippen LogP contribution >= 0.6 is 0 Å². The first-order valence-electron chi connectivity index (χ1n) is 12.8. The number of carbonyl (C=O) groups is 2. The van der Waals surface area contributed by atoms with E-state index < -0.39 is 17.7 Å². The molecule has 1 aliphatic heterocycles. The molecule has 0 saturated carbocycles. The van der Waals surface area contributed by atoms with E-state index in [2.05, 4.69) is 18.8 Å². The van der Waals surface area contributed by atoms with Crippen molar-refractivity contribution in [3.05, 3.63) is 65.1 Å². The number of carbonyl (C=O) groups excluding carboxylic acids is 2. The van der Waals surface area contributed by atoms with Crippen molar-refractivity contribution in [3.8, 4) is 11.5 Å². The topological polar surface area (TPSA) is 96.6 Å². The Labute approximate surface area is 223 Å². The molecule has 0 aliphatic carbocycles. The number of amides is 1. The molecule has 9 nitrogen and oxygen atoms in total. The number of pyridine rings is 1. The number of ether oxygens (including phenoxy) is 2. The van der Waals surface area contributed by atoms with E-state index in [0.29, 0.717) is 59.7 Å². The minimum atomic E-state index is -0.803. The molecule has 2 aromatic heterocycles. The van der Waals surface area contributed by atoms with Crippen molar-refractivity contribution in [2.45, 2.75) is 33.2 Å². The molecule has 38 heavy (non-hydrogen) atoms. The number of ketones is 1. The van der Waals surface area contributed by atoms with Crippen LogP contribution in [0.2, 0.25) is 0 Å². The van der Waals surface area contributed by atoms with E-state index in [4.69, 9.17) is 9.47 Å². The maximum absolute atomic E-state index is 13.4. The summed E-state index contributed by atoms with van der Waals surface area (Å²) in [5.41, 5.74) is 2.24. The van der Waals surface area contributed by atoms with E-state index in [1.807, 2.05) is 43.3 Å². The van der Waals surface area contributed by atoms with E-state index in [0.717, 1.165) is 6.42 Å². The highest BCUT2D eigenvalue weighted by atomic mass is 16.5. The fourth-order valence-corrected chi connectivity index (χ4v) is 4.67. The van der Waals surface area contributed by atoms with Crippen LogP contribution in [0.3, 0.4) is 0 Å². The van der Waals surface area contributed by atoms with Gasteiger partial charge in [0, 0.05) is 19.3 Å². The standard InChI is InChI=1S/C29H36N4O5/c1-18(2)12-16-38-21-11-10-20(17-22(21)37-6)26-24(28(35)29(36)33(26)15-14-31(4)5)27(34)25-19(3)30-23-9-7-8-13-32(23)25/h7-11,13,17-18,26,34H,12,14-16H2,1-6H3. The van der Waals surface area contributed by atoms with Gasteiger partial charge in [0.2, 0.25) is 0 Å². The number of methoxy groups -OCH3 is 1. The zero-order valence-electron chi connectivity index (χ0n) is 22.9. The molecule has 1 N–H and O–H groups in total. The van der Waals surface area contributed by atoms with E-state index in [1.54, 1.807) is 36.8 Å². The molecule has 1 fully saturated rings. The molecular formula is C29H36N4O5. The van der Waals surface area contributed by atoms with Crippen LogP contribution in [-0.4, -0.2) is 76.9 Å². The third kappa shape index (κ3) is 5.24. The summed E-state index contributed by atoms with van der Waals surface area (Å²) in [6.45, 7) is 7.43. The van der Waals surface area contributed by atoms with Crippen molar-refractivity contribution < 1.29 is 24.2 Å². The summed E-state index contributed by atoms with van der Waals surface area (Å²) >= 11 is 0. The molecule has 9 heteroatoms. The van der Waals surface area contributed by atoms with Crippen LogP contribution in [0.25, 0.3) is 11.4 Å². The van der Waals surface area contributed by atoms with Crippen molar-refractivity contribution in [1.82, 2.24) is 19.2 Å². The monoisotopic (exact) mass is 520 g/mol. The summed E-state index contributed by atoms with van der Waals surface area (Å²) in [5.74, 6) is -0.0583. The lowest BCUT2D eigenvalue weighted by atomic mass is 9.96. The van der Waals surface area contributed by atoms with Crippen molar-refractivity contribution in [1.29, 1.82) is 0 Å². The summed E-state index contributed by atoms with van der Waals surface area (Å²) < 4.78 is 13.3. The van der Waals surface area contributed by atoms with Crippen LogP contribution in [0.4, 0.5) is 0 Å². The summed E-state index contributed by atoms with van der Waals surface area (Å²) in [4.78, 5) is 34.7. The number of Topliss-reactive ketones (excluding diaryl/α,β-unsaturated/α-hetero) is 1. The lowest BCUT2D eigenvalue weighted by Crippen LogP contribution is -2.35. The Hall–Kier alpha value is -3.85. The molecule has 1 amide bonds. The van der Waals surface area contributed by atoms with Gasteiger partial charge in [-0.2, -0.15) is 0 Å². The number of aromatic nitrogens is 2. The number of aliphatic hydroxyl groups is 1. The molecule has 0 bridgehead atoms. The molecule has 0 radical (unpaired) electrons. The third-order valence-electron chi connectivity index (χ3n) is 6.71. The molecule has 202 valence electrons. The summed E-state index contributed by atoms with van der Waals surface area (Å²) in [7, 11) is 5.36. The van der Waals surface area contributed by atoms with Crippen LogP contribution < -0.4 is 9.47 Å². The molecular weight excluding hydrogens is 484 g/mol. The Bertz CT molecular complexity index is 1370. The molecule has 1 aromatic carbocycles. The quantitative estimate of drug-likeness (QED) is 0.245. The number of hydrogen-bond donors (Lipinski definition) is 1. The number of benzene rings is 1. The largest absolute Gasteiger partial charge is 0.505 e. The number of aryl methyl sites for hydroxylation is 1. The predicted molar refractivity (Wildman–Crippen MR) is 145 cm³/mol. The van der Waals surface area contributed by atoms with Gasteiger partial charge < -0.3 is 24.4 Å². The normalized spacial score (nSPS) is 17.3. The average molecular weight is 521 g/mol. The van der Waals surface area contributed by atoms with Gasteiger partial charge in [0.15, 0.2) is 17.3 Å². The van der Waals surface area contributed by atoms with E-state index in [-0.39, 0.29) is 11.3 Å². The second kappa shape index (κ2) is 11.3. The number of likely N-dealkylation sites (tertiary alicyclic amines) is 1. The molecule has 0 spiro atoms. The van der Waals surface area contributed by atoms with Gasteiger partial charge in [0.25, 0.3) is 11.7 Å². The number of aliphatic hydroxyl groups excluding tert-OH is 1. The lowest BCUT2D eigenvalue weighted by Gasteiger charge is -2.27. The van der Waals surface area contributed by atoms with E-state index in [1.165, 1.54) is 4.90 Å². The SMILES string of the molecule is COc1cc(C2C(=C(O)c3c(C)nc4ccccn34)C(=O)C(=O)N2CCN(C)C)ccc1OCCC(C)C. The van der Waals surface area contributed by atoms with Crippen LogP contribution in [0.1, 0.15) is 43.3 Å². The second-order valence-electron chi connectivity index (χ2n) is 10.2. The van der Waals surface area contributed by atoms with E-state index >= 15 is 0 Å². The fourth-order valence-electron chi connectivity index (χ4n) is 4.67. The van der Waals surface area contributed by atoms with Crippen molar-refractivity contribution in [2.24, 2.45) is 5.92 Å². The zero-order chi connectivity index (χ0) is 27.6. The maximum atomic E-state index is 13.4. The van der Waals surface area contributed by atoms with Gasteiger partial charge in [-0.1, -0.05) is 26.0 Å². The van der Waals surface area contributed by atoms with Crippen LogP contribution in [0.5, 0.6) is 11.5 Å². The average Bonchev–Trinajstić information content (AvgIpc) is 3.35. The predicted octanol–water partition coefficient (Wildman–Crippen LogP) is 4.06. The van der Waals surface area contributed by atoms with Crippen molar-refractivity contribution in [2.75, 3.05) is 40.9 Å². The van der Waals surface area contributed by atoms with Gasteiger partial charge in [-0.15, -0.1) is 0 Å². The fraction of sp³-hybridized carbons (Fsp3) is 0.414. The number of likely N-dealkylation sites (N-methyl/N-ethyl adjacent to an activating group) is 1. The maximum Gasteiger partial charge on any atom is 0.295 e. The summed E-state index contributed by atoms with van der Waals surface area (Å²) in [5, 5.41) is 11.6. The Morgan fingerprint density at radius 2 is 1.92 bits per heavy atom. The first-order chi connectivity index (χ1) is 18.1. The molecule has 3 heterocycles. The van der Waals surface area contributed by atoms with Gasteiger partial charge in [-0.05, 0) is 63.2 Å². The molecule has 3 aromatic rings. The molecule has 1 unspecified atom stereocenters. The second-order valence-corrected chi connectivity index (χ2v) is 10.2. The third-order valence-corrected chi connectivity index (χ3v) is 6.71. The smallest absolute Gasteiger partial charge is 0.295 e. The molecule has 1 aliphatic rings. The van der Waals surface area contributed by atoms with Crippen LogP contribution in [0.15, 0.2) is 48.2 Å². The first-order valence-corrected chi connectivity index (χ1v) is 12.8. The van der Waals surface area contributed by atoms with E-state index in [9.17, 15) is 14.7 Å². The highest BCUT2D eigenvalue weighted by Crippen LogP contribution is 2.42. The number of nitrogens with zero attached hydrogens (tertiary/aromatic N) is 4. The van der Waals surface area contributed by atoms with Crippen LogP contribution in [0, 0.1) is 12.8 Å². The highest BCUT2D eigenvalue weighted by Gasteiger charge is 2.46. The minimum absolute atomic E-state index is 0.0260. The first kappa shape index (κ1) is 27.2. The molecule has 1 saturated heterocycles. The Morgan fingerprint density at radius 3 is 2.61 bits per heavy atom. The minimum Gasteiger partial charge on any atom is -0.505 e. The van der Waals surface area contributed by atoms with Gasteiger partial charge >= 0.3 is 0 Å². The molecule has 4 rings (SSSR count). The zero-order valence-corrected chi connectivity index (χ0v) is 22.9. The van der Waals surface area contributed by atoms with Gasteiger partial charge in [0.05, 0.1) is 31.0 Å².